The van der Waals surface area contributed by atoms with E-state index in [1.807, 2.05) is 0 Å². The molecule has 0 atom stereocenters. The fraction of sp³-hybridized carbons (Fsp3) is 0.538. The summed E-state index contributed by atoms with van der Waals surface area (Å²) < 4.78 is 0. The number of anilines is 1. The SMILES string of the molecule is CN(CCC(=O)O)C(=O)Nc1cnc(CC2CC2)nc1. The quantitative estimate of drug-likeness (QED) is 0.819. The van der Waals surface area contributed by atoms with Gasteiger partial charge in [-0.25, -0.2) is 14.8 Å². The van der Waals surface area contributed by atoms with Crippen LogP contribution in [-0.4, -0.2) is 45.6 Å². The molecule has 1 fully saturated rings. The van der Waals surface area contributed by atoms with E-state index in [-0.39, 0.29) is 19.0 Å². The van der Waals surface area contributed by atoms with E-state index in [1.54, 1.807) is 19.4 Å². The lowest BCUT2D eigenvalue weighted by molar-refractivity contribution is -0.137. The van der Waals surface area contributed by atoms with Crippen molar-refractivity contribution in [2.24, 2.45) is 5.92 Å². The zero-order valence-corrected chi connectivity index (χ0v) is 11.4. The second-order valence-corrected chi connectivity index (χ2v) is 5.03. The van der Waals surface area contributed by atoms with Gasteiger partial charge in [0.25, 0.3) is 0 Å². The van der Waals surface area contributed by atoms with Gasteiger partial charge < -0.3 is 15.3 Å². The summed E-state index contributed by atoms with van der Waals surface area (Å²) in [6.07, 6.45) is 6.46. The highest BCUT2D eigenvalue weighted by molar-refractivity contribution is 5.88. The molecule has 0 saturated heterocycles. The normalized spacial score (nSPS) is 13.8. The molecule has 0 aromatic carbocycles. The van der Waals surface area contributed by atoms with Crippen LogP contribution < -0.4 is 5.32 Å². The van der Waals surface area contributed by atoms with E-state index in [0.29, 0.717) is 5.69 Å². The minimum Gasteiger partial charge on any atom is -0.481 e. The Kier molecular flexibility index (Phi) is 4.49. The molecule has 1 aromatic heterocycles. The Labute approximate surface area is 117 Å². The maximum absolute atomic E-state index is 11.8. The Morgan fingerprint density at radius 1 is 1.40 bits per heavy atom. The van der Waals surface area contributed by atoms with Crippen molar-refractivity contribution in [3.8, 4) is 0 Å². The second-order valence-electron chi connectivity index (χ2n) is 5.03. The van der Waals surface area contributed by atoms with Gasteiger partial charge in [0.15, 0.2) is 0 Å². The summed E-state index contributed by atoms with van der Waals surface area (Å²) in [6.45, 7) is 0.155. The van der Waals surface area contributed by atoms with Crippen molar-refractivity contribution in [2.45, 2.75) is 25.7 Å². The fourth-order valence-electron chi connectivity index (χ4n) is 1.69. The van der Waals surface area contributed by atoms with E-state index in [1.165, 1.54) is 17.7 Å². The fourth-order valence-corrected chi connectivity index (χ4v) is 1.69. The first-order chi connectivity index (χ1) is 9.54. The highest BCUT2D eigenvalue weighted by atomic mass is 16.4. The van der Waals surface area contributed by atoms with Crippen LogP contribution in [0.2, 0.25) is 0 Å². The van der Waals surface area contributed by atoms with Gasteiger partial charge in [0.2, 0.25) is 0 Å². The van der Waals surface area contributed by atoms with Gasteiger partial charge in [-0.3, -0.25) is 4.79 Å². The van der Waals surface area contributed by atoms with Crippen molar-refractivity contribution in [1.82, 2.24) is 14.9 Å². The van der Waals surface area contributed by atoms with Gasteiger partial charge in [-0.2, -0.15) is 0 Å². The lowest BCUT2D eigenvalue weighted by atomic mass is 10.3. The zero-order valence-electron chi connectivity index (χ0n) is 11.4. The number of aliphatic carboxylic acids is 1. The van der Waals surface area contributed by atoms with Crippen LogP contribution in [0.25, 0.3) is 0 Å². The average molecular weight is 278 g/mol. The van der Waals surface area contributed by atoms with Gasteiger partial charge in [-0.15, -0.1) is 0 Å². The molecule has 0 spiro atoms. The van der Waals surface area contributed by atoms with Crippen molar-refractivity contribution in [3.63, 3.8) is 0 Å². The van der Waals surface area contributed by atoms with E-state index in [4.69, 9.17) is 5.11 Å². The molecule has 1 aliphatic carbocycles. The lowest BCUT2D eigenvalue weighted by Gasteiger charge is -2.16. The van der Waals surface area contributed by atoms with Gasteiger partial charge in [-0.1, -0.05) is 0 Å². The van der Waals surface area contributed by atoms with Crippen LogP contribution in [0.3, 0.4) is 0 Å². The first-order valence-corrected chi connectivity index (χ1v) is 6.59. The number of rotatable bonds is 6. The third-order valence-corrected chi connectivity index (χ3v) is 3.13. The zero-order chi connectivity index (χ0) is 14.5. The molecule has 7 nitrogen and oxygen atoms in total. The van der Waals surface area contributed by atoms with Crippen LogP contribution in [0.4, 0.5) is 10.5 Å². The number of carbonyl (C=O) groups excluding carboxylic acids is 1. The topological polar surface area (TPSA) is 95.4 Å². The van der Waals surface area contributed by atoms with Gasteiger partial charge in [0, 0.05) is 20.0 Å². The summed E-state index contributed by atoms with van der Waals surface area (Å²) in [5.74, 6) is 0.583. The number of nitrogens with zero attached hydrogens (tertiary/aromatic N) is 3. The van der Waals surface area contributed by atoms with Crippen molar-refractivity contribution < 1.29 is 14.7 Å². The van der Waals surface area contributed by atoms with Gasteiger partial charge >= 0.3 is 12.0 Å². The summed E-state index contributed by atoms with van der Waals surface area (Å²) >= 11 is 0. The second kappa shape index (κ2) is 6.31. The minimum atomic E-state index is -0.933. The van der Waals surface area contributed by atoms with E-state index in [0.717, 1.165) is 18.2 Å². The van der Waals surface area contributed by atoms with Crippen LogP contribution in [0.5, 0.6) is 0 Å². The van der Waals surface area contributed by atoms with Crippen LogP contribution in [0, 0.1) is 5.92 Å². The van der Waals surface area contributed by atoms with Crippen molar-refractivity contribution in [1.29, 1.82) is 0 Å². The Bertz CT molecular complexity index is 485. The average Bonchev–Trinajstić information content (AvgIpc) is 3.22. The number of amides is 2. The molecule has 1 aliphatic rings. The number of carbonyl (C=O) groups is 2. The third kappa shape index (κ3) is 4.49. The van der Waals surface area contributed by atoms with Crippen molar-refractivity contribution in [3.05, 3.63) is 18.2 Å². The molecule has 0 bridgehead atoms. The molecule has 0 aliphatic heterocycles. The molecule has 0 radical (unpaired) electrons. The van der Waals surface area contributed by atoms with Gasteiger partial charge in [-0.05, 0) is 18.8 Å². The maximum atomic E-state index is 11.8. The summed E-state index contributed by atoms with van der Waals surface area (Å²) in [4.78, 5) is 31.9. The van der Waals surface area contributed by atoms with Crippen molar-refractivity contribution in [2.75, 3.05) is 18.9 Å². The lowest BCUT2D eigenvalue weighted by Crippen LogP contribution is -2.33. The van der Waals surface area contributed by atoms with E-state index < -0.39 is 5.97 Å². The molecule has 1 saturated carbocycles. The van der Waals surface area contributed by atoms with Crippen LogP contribution in [0.15, 0.2) is 12.4 Å². The summed E-state index contributed by atoms with van der Waals surface area (Å²) in [7, 11) is 1.54. The van der Waals surface area contributed by atoms with Crippen molar-refractivity contribution >= 4 is 17.7 Å². The minimum absolute atomic E-state index is 0.0826. The summed E-state index contributed by atoms with van der Waals surface area (Å²) in [6, 6.07) is -0.371. The van der Waals surface area contributed by atoms with E-state index in [2.05, 4.69) is 15.3 Å². The molecule has 2 rings (SSSR count). The highest BCUT2D eigenvalue weighted by Gasteiger charge is 2.22. The standard InChI is InChI=1S/C13H18N4O3/c1-17(5-4-12(18)19)13(20)16-10-7-14-11(15-8-10)6-9-2-3-9/h7-9H,2-6H2,1H3,(H,16,20)(H,18,19). The molecular weight excluding hydrogens is 260 g/mol. The molecule has 1 aromatic rings. The van der Waals surface area contributed by atoms with E-state index >= 15 is 0 Å². The number of hydrogen-bond donors (Lipinski definition) is 2. The molecule has 1 heterocycles. The number of nitrogens with one attached hydrogen (secondary N) is 1. The molecule has 2 amide bonds. The van der Waals surface area contributed by atoms with Crippen LogP contribution in [0.1, 0.15) is 25.1 Å². The number of hydrogen-bond acceptors (Lipinski definition) is 4. The Hall–Kier alpha value is -2.18. The van der Waals surface area contributed by atoms with Crippen LogP contribution >= 0.6 is 0 Å². The van der Waals surface area contributed by atoms with Gasteiger partial charge in [0.05, 0.1) is 24.5 Å². The summed E-state index contributed by atoms with van der Waals surface area (Å²) in [5.41, 5.74) is 0.511. The molecule has 20 heavy (non-hydrogen) atoms. The molecule has 2 N–H and O–H groups in total. The predicted molar refractivity (Wildman–Crippen MR) is 72.4 cm³/mol. The first-order valence-electron chi connectivity index (χ1n) is 6.59. The smallest absolute Gasteiger partial charge is 0.321 e. The van der Waals surface area contributed by atoms with E-state index in [9.17, 15) is 9.59 Å². The predicted octanol–water partition coefficient (Wildman–Crippen LogP) is 1.37. The maximum Gasteiger partial charge on any atom is 0.321 e. The largest absolute Gasteiger partial charge is 0.481 e. The Morgan fingerprint density at radius 2 is 2.05 bits per heavy atom. The monoisotopic (exact) mass is 278 g/mol. The molecule has 108 valence electrons. The molecular formula is C13H18N4O3. The van der Waals surface area contributed by atoms with Crippen LogP contribution in [-0.2, 0) is 11.2 Å². The first kappa shape index (κ1) is 14.2. The number of carboxylic acids is 1. The third-order valence-electron chi connectivity index (χ3n) is 3.13. The molecule has 7 heteroatoms. The summed E-state index contributed by atoms with van der Waals surface area (Å²) in [5, 5.41) is 11.2. The Balaban J connectivity index is 1.81. The highest BCUT2D eigenvalue weighted by Crippen LogP contribution is 2.31. The number of urea groups is 1. The Morgan fingerprint density at radius 3 is 2.60 bits per heavy atom. The van der Waals surface area contributed by atoms with Gasteiger partial charge in [0.1, 0.15) is 5.82 Å². The number of aromatic nitrogens is 2. The molecule has 0 unspecified atom stereocenters. The number of carboxylic acid groups (broad SMARTS) is 1.